The smallest absolute Gasteiger partial charge is 0.339 e. The number of rotatable bonds is 3. The van der Waals surface area contributed by atoms with Gasteiger partial charge in [0.25, 0.3) is 5.91 Å². The van der Waals surface area contributed by atoms with Crippen molar-refractivity contribution in [2.45, 2.75) is 6.92 Å². The minimum atomic E-state index is -1.30. The molecule has 0 aliphatic heterocycles. The molecule has 0 bridgehead atoms. The van der Waals surface area contributed by atoms with Gasteiger partial charge in [-0.15, -0.1) is 0 Å². The van der Waals surface area contributed by atoms with Crippen LogP contribution in [0.25, 0.3) is 0 Å². The van der Waals surface area contributed by atoms with Crippen molar-refractivity contribution < 1.29 is 24.2 Å². The number of hydrogen-bond acceptors (Lipinski definition) is 3. The second-order valence-electron chi connectivity index (χ2n) is 4.45. The fourth-order valence-electron chi connectivity index (χ4n) is 1.87. The van der Waals surface area contributed by atoms with Crippen molar-refractivity contribution in [3.05, 3.63) is 58.9 Å². The third-order valence-electron chi connectivity index (χ3n) is 2.92. The van der Waals surface area contributed by atoms with Crippen molar-refractivity contribution in [1.29, 1.82) is 0 Å². The maximum atomic E-state index is 13.0. The van der Waals surface area contributed by atoms with Crippen molar-refractivity contribution in [2.75, 3.05) is 5.32 Å². The highest BCUT2D eigenvalue weighted by molar-refractivity contribution is 6.06. The molecule has 108 valence electrons. The van der Waals surface area contributed by atoms with Crippen LogP contribution in [0.15, 0.2) is 36.4 Å². The van der Waals surface area contributed by atoms with Gasteiger partial charge in [-0.25, -0.2) is 9.18 Å². The number of carbonyl (C=O) groups is 2. The van der Waals surface area contributed by atoms with Crippen LogP contribution in [0.2, 0.25) is 0 Å². The summed E-state index contributed by atoms with van der Waals surface area (Å²) in [4.78, 5) is 23.0. The van der Waals surface area contributed by atoms with E-state index in [1.165, 1.54) is 30.3 Å². The fraction of sp³-hybridized carbons (Fsp3) is 0.0667. The number of carboxylic acid groups (broad SMARTS) is 1. The predicted molar refractivity (Wildman–Crippen MR) is 74.2 cm³/mol. The number of phenols is 1. The van der Waals surface area contributed by atoms with Crippen LogP contribution < -0.4 is 5.32 Å². The van der Waals surface area contributed by atoms with Crippen LogP contribution in [0.1, 0.15) is 26.3 Å². The number of aromatic carboxylic acids is 1. The second kappa shape index (κ2) is 5.62. The molecule has 0 saturated heterocycles. The van der Waals surface area contributed by atoms with E-state index in [0.717, 1.165) is 6.07 Å². The Morgan fingerprint density at radius 1 is 1.10 bits per heavy atom. The number of hydrogen-bond donors (Lipinski definition) is 3. The van der Waals surface area contributed by atoms with E-state index in [1.807, 2.05) is 0 Å². The minimum absolute atomic E-state index is 0.221. The maximum Gasteiger partial charge on any atom is 0.339 e. The van der Waals surface area contributed by atoms with Crippen molar-refractivity contribution in [3.63, 3.8) is 0 Å². The maximum absolute atomic E-state index is 13.0. The molecule has 0 spiro atoms. The van der Waals surface area contributed by atoms with E-state index in [0.29, 0.717) is 5.56 Å². The molecule has 0 aliphatic carbocycles. The van der Waals surface area contributed by atoms with Crippen LogP contribution in [-0.4, -0.2) is 22.1 Å². The lowest BCUT2D eigenvalue weighted by atomic mass is 10.1. The molecule has 1 amide bonds. The van der Waals surface area contributed by atoms with Crippen LogP contribution in [0, 0.1) is 12.7 Å². The van der Waals surface area contributed by atoms with Crippen LogP contribution >= 0.6 is 0 Å². The number of amides is 1. The van der Waals surface area contributed by atoms with Crippen LogP contribution in [0.4, 0.5) is 10.1 Å². The number of nitrogens with one attached hydrogen (secondary N) is 1. The van der Waals surface area contributed by atoms with Gasteiger partial charge in [-0.2, -0.15) is 0 Å². The topological polar surface area (TPSA) is 86.6 Å². The van der Waals surface area contributed by atoms with Crippen molar-refractivity contribution in [1.82, 2.24) is 0 Å². The highest BCUT2D eigenvalue weighted by Gasteiger charge is 2.13. The Labute approximate surface area is 119 Å². The van der Waals surface area contributed by atoms with Crippen molar-refractivity contribution in [3.8, 4) is 5.75 Å². The quantitative estimate of drug-likeness (QED) is 0.758. The number of halogens is 1. The molecule has 0 radical (unpaired) electrons. The van der Waals surface area contributed by atoms with Gasteiger partial charge in [-0.1, -0.05) is 0 Å². The summed E-state index contributed by atoms with van der Waals surface area (Å²) in [7, 11) is 0. The molecule has 2 aromatic rings. The number of benzene rings is 2. The first-order valence-electron chi connectivity index (χ1n) is 6.02. The largest absolute Gasteiger partial charge is 0.507 e. The van der Waals surface area contributed by atoms with E-state index in [2.05, 4.69) is 5.32 Å². The van der Waals surface area contributed by atoms with Gasteiger partial charge in [0.05, 0.1) is 0 Å². The predicted octanol–water partition coefficient (Wildman–Crippen LogP) is 2.79. The molecule has 0 heterocycles. The van der Waals surface area contributed by atoms with Gasteiger partial charge < -0.3 is 15.5 Å². The number of anilines is 1. The van der Waals surface area contributed by atoms with Gasteiger partial charge in [0.2, 0.25) is 0 Å². The number of carboxylic acids is 1. The second-order valence-corrected chi connectivity index (χ2v) is 4.45. The molecular weight excluding hydrogens is 277 g/mol. The summed E-state index contributed by atoms with van der Waals surface area (Å²) in [6.07, 6.45) is 0. The average Bonchev–Trinajstić information content (AvgIpc) is 2.40. The van der Waals surface area contributed by atoms with Crippen molar-refractivity contribution in [2.24, 2.45) is 0 Å². The van der Waals surface area contributed by atoms with E-state index < -0.39 is 23.4 Å². The monoisotopic (exact) mass is 289 g/mol. The molecule has 0 aliphatic rings. The highest BCUT2D eigenvalue weighted by Crippen LogP contribution is 2.22. The average molecular weight is 289 g/mol. The van der Waals surface area contributed by atoms with Gasteiger partial charge in [0.1, 0.15) is 17.1 Å². The first-order chi connectivity index (χ1) is 9.88. The molecule has 0 saturated carbocycles. The summed E-state index contributed by atoms with van der Waals surface area (Å²) in [6.45, 7) is 1.59. The molecular formula is C15H12FNO4. The molecule has 3 N–H and O–H groups in total. The Morgan fingerprint density at radius 2 is 1.81 bits per heavy atom. The first-order valence-corrected chi connectivity index (χ1v) is 6.02. The number of aryl methyl sites for hydroxylation is 1. The Hall–Kier alpha value is -2.89. The Balaban J connectivity index is 2.27. The van der Waals surface area contributed by atoms with Gasteiger partial charge in [0.15, 0.2) is 0 Å². The normalized spacial score (nSPS) is 10.2. The van der Waals surface area contributed by atoms with Gasteiger partial charge in [-0.3, -0.25) is 4.79 Å². The summed E-state index contributed by atoms with van der Waals surface area (Å²) in [6, 6.07) is 7.44. The number of carbonyl (C=O) groups excluding carboxylic acids is 1. The van der Waals surface area contributed by atoms with E-state index in [4.69, 9.17) is 5.11 Å². The number of aromatic hydroxyl groups is 1. The summed E-state index contributed by atoms with van der Waals surface area (Å²) in [5.41, 5.74) is 0.647. The van der Waals surface area contributed by atoms with E-state index in [1.54, 1.807) is 6.92 Å². The fourth-order valence-corrected chi connectivity index (χ4v) is 1.87. The lowest BCUT2D eigenvalue weighted by molar-refractivity contribution is 0.0693. The zero-order valence-corrected chi connectivity index (χ0v) is 11.1. The Kier molecular flexibility index (Phi) is 3.89. The Morgan fingerprint density at radius 3 is 2.43 bits per heavy atom. The van der Waals surface area contributed by atoms with E-state index in [-0.39, 0.29) is 16.8 Å². The lowest BCUT2D eigenvalue weighted by Crippen LogP contribution is -2.14. The Bertz CT molecular complexity index is 728. The zero-order valence-electron chi connectivity index (χ0n) is 11.1. The van der Waals surface area contributed by atoms with Crippen molar-refractivity contribution >= 4 is 17.6 Å². The third kappa shape index (κ3) is 3.17. The molecule has 0 unspecified atom stereocenters. The van der Waals surface area contributed by atoms with Gasteiger partial charge >= 0.3 is 5.97 Å². The standard InChI is InChI=1S/C15H12FNO4/c1-8-6-9(16)2-4-11(8)14(19)17-10-3-5-13(18)12(7-10)15(20)21/h2-7,18H,1H3,(H,17,19)(H,20,21). The molecule has 0 atom stereocenters. The summed E-state index contributed by atoms with van der Waals surface area (Å²) in [5.74, 6) is -2.63. The molecule has 2 rings (SSSR count). The van der Waals surface area contributed by atoms with E-state index >= 15 is 0 Å². The third-order valence-corrected chi connectivity index (χ3v) is 2.92. The van der Waals surface area contributed by atoms with Gasteiger partial charge in [0, 0.05) is 11.3 Å². The molecule has 0 aromatic heterocycles. The van der Waals surface area contributed by atoms with E-state index in [9.17, 15) is 19.1 Å². The SMILES string of the molecule is Cc1cc(F)ccc1C(=O)Nc1ccc(O)c(C(=O)O)c1. The lowest BCUT2D eigenvalue weighted by Gasteiger charge is -2.09. The van der Waals surface area contributed by atoms with Crippen LogP contribution in [0.5, 0.6) is 5.75 Å². The molecule has 0 fully saturated rings. The van der Waals surface area contributed by atoms with Crippen LogP contribution in [-0.2, 0) is 0 Å². The van der Waals surface area contributed by atoms with Crippen LogP contribution in [0.3, 0.4) is 0 Å². The molecule has 5 nitrogen and oxygen atoms in total. The molecule has 6 heteroatoms. The molecule has 21 heavy (non-hydrogen) atoms. The zero-order chi connectivity index (χ0) is 15.6. The molecule has 2 aromatic carbocycles. The summed E-state index contributed by atoms with van der Waals surface area (Å²) < 4.78 is 13.0. The summed E-state index contributed by atoms with van der Waals surface area (Å²) >= 11 is 0. The summed E-state index contributed by atoms with van der Waals surface area (Å²) in [5, 5.41) is 20.8. The van der Waals surface area contributed by atoms with Gasteiger partial charge in [-0.05, 0) is 48.9 Å². The minimum Gasteiger partial charge on any atom is -0.507 e. The highest BCUT2D eigenvalue weighted by atomic mass is 19.1. The first kappa shape index (κ1) is 14.5.